The number of hydrazine groups is 1. The van der Waals surface area contributed by atoms with Gasteiger partial charge in [0.05, 0.1) is 5.25 Å². The van der Waals surface area contributed by atoms with Gasteiger partial charge in [0.2, 0.25) is 5.91 Å². The average molecular weight is 247 g/mol. The van der Waals surface area contributed by atoms with Gasteiger partial charge in [-0.05, 0) is 19.0 Å². The van der Waals surface area contributed by atoms with Crippen molar-refractivity contribution >= 4 is 17.7 Å². The first-order valence-corrected chi connectivity index (χ1v) is 6.96. The summed E-state index contributed by atoms with van der Waals surface area (Å²) in [5.41, 5.74) is 2.24. The predicted molar refractivity (Wildman–Crippen MR) is 71.2 cm³/mol. The third-order valence-corrected chi connectivity index (χ3v) is 4.14. The van der Waals surface area contributed by atoms with Crippen LogP contribution in [0.2, 0.25) is 0 Å². The summed E-state index contributed by atoms with van der Waals surface area (Å²) in [5.74, 6) is 6.38. The highest BCUT2D eigenvalue weighted by molar-refractivity contribution is 8.00. The zero-order chi connectivity index (χ0) is 12.6. The van der Waals surface area contributed by atoms with Crippen LogP contribution in [0, 0.1) is 5.92 Å². The molecule has 0 aromatic carbocycles. The van der Waals surface area contributed by atoms with Crippen molar-refractivity contribution in [3.05, 3.63) is 0 Å². The van der Waals surface area contributed by atoms with Gasteiger partial charge in [-0.2, -0.15) is 0 Å². The molecule has 0 aromatic heterocycles. The molecule has 5 heteroatoms. The standard InChI is InChI=1S/C11H25N3OS/c1-5-14(6-2)7-8-16-10(9(3)4)11(15)13-12/h9-10H,5-8,12H2,1-4H3,(H,13,15). The van der Waals surface area contributed by atoms with Gasteiger partial charge in [0.25, 0.3) is 0 Å². The number of nitrogens with one attached hydrogen (secondary N) is 1. The van der Waals surface area contributed by atoms with E-state index in [9.17, 15) is 4.79 Å². The van der Waals surface area contributed by atoms with Crippen molar-refractivity contribution in [2.75, 3.05) is 25.4 Å². The highest BCUT2D eigenvalue weighted by atomic mass is 32.2. The third kappa shape index (κ3) is 5.72. The SMILES string of the molecule is CCN(CC)CCSC(C(=O)NN)C(C)C. The smallest absolute Gasteiger partial charge is 0.247 e. The van der Waals surface area contributed by atoms with Gasteiger partial charge in [0.1, 0.15) is 0 Å². The summed E-state index contributed by atoms with van der Waals surface area (Å²) in [6.45, 7) is 11.5. The second kappa shape index (κ2) is 8.84. The van der Waals surface area contributed by atoms with Crippen LogP contribution in [-0.4, -0.2) is 41.4 Å². The van der Waals surface area contributed by atoms with E-state index in [1.165, 1.54) is 0 Å². The maximum Gasteiger partial charge on any atom is 0.247 e. The average Bonchev–Trinajstić information content (AvgIpc) is 2.28. The molecule has 0 saturated carbocycles. The molecular formula is C11H25N3OS. The first kappa shape index (κ1) is 15.7. The fraction of sp³-hybridized carbons (Fsp3) is 0.909. The number of rotatable bonds is 8. The van der Waals surface area contributed by atoms with Crippen LogP contribution in [0.1, 0.15) is 27.7 Å². The van der Waals surface area contributed by atoms with Crippen molar-refractivity contribution in [3.8, 4) is 0 Å². The quantitative estimate of drug-likeness (QED) is 0.383. The van der Waals surface area contributed by atoms with Crippen LogP contribution >= 0.6 is 11.8 Å². The Hall–Kier alpha value is -0.260. The fourth-order valence-corrected chi connectivity index (χ4v) is 2.72. The van der Waals surface area contributed by atoms with Crippen molar-refractivity contribution in [1.29, 1.82) is 0 Å². The summed E-state index contributed by atoms with van der Waals surface area (Å²) in [5, 5.41) is -0.0411. The first-order valence-electron chi connectivity index (χ1n) is 5.91. The normalized spacial score (nSPS) is 13.2. The van der Waals surface area contributed by atoms with Gasteiger partial charge in [-0.25, -0.2) is 5.84 Å². The van der Waals surface area contributed by atoms with Gasteiger partial charge < -0.3 is 4.90 Å². The molecule has 3 N–H and O–H groups in total. The number of nitrogens with two attached hydrogens (primary N) is 1. The van der Waals surface area contributed by atoms with E-state index in [0.29, 0.717) is 5.92 Å². The molecule has 0 aromatic rings. The summed E-state index contributed by atoms with van der Waals surface area (Å²) in [6, 6.07) is 0. The maximum absolute atomic E-state index is 11.5. The predicted octanol–water partition coefficient (Wildman–Crippen LogP) is 1.08. The van der Waals surface area contributed by atoms with E-state index in [1.54, 1.807) is 11.8 Å². The fourth-order valence-electron chi connectivity index (χ4n) is 1.50. The maximum atomic E-state index is 11.5. The Labute approximate surface area is 103 Å². The molecule has 0 fully saturated rings. The van der Waals surface area contributed by atoms with E-state index in [-0.39, 0.29) is 11.2 Å². The van der Waals surface area contributed by atoms with Crippen LogP contribution in [0.25, 0.3) is 0 Å². The van der Waals surface area contributed by atoms with Crippen LogP contribution < -0.4 is 11.3 Å². The van der Waals surface area contributed by atoms with Crippen molar-refractivity contribution < 1.29 is 4.79 Å². The minimum atomic E-state index is -0.0699. The molecule has 1 amide bonds. The van der Waals surface area contributed by atoms with Crippen LogP contribution in [0.4, 0.5) is 0 Å². The Morgan fingerprint density at radius 2 is 1.94 bits per heavy atom. The molecule has 0 aliphatic rings. The summed E-state index contributed by atoms with van der Waals surface area (Å²) < 4.78 is 0. The van der Waals surface area contributed by atoms with Crippen molar-refractivity contribution in [2.24, 2.45) is 11.8 Å². The third-order valence-electron chi connectivity index (χ3n) is 2.61. The Balaban J connectivity index is 3.98. The molecule has 0 radical (unpaired) electrons. The summed E-state index contributed by atoms with van der Waals surface area (Å²) >= 11 is 1.69. The van der Waals surface area contributed by atoms with Gasteiger partial charge in [-0.3, -0.25) is 10.2 Å². The number of carbonyl (C=O) groups excluding carboxylic acids is 1. The molecule has 96 valence electrons. The van der Waals surface area contributed by atoms with Crippen LogP contribution in [0.15, 0.2) is 0 Å². The molecule has 0 aliphatic carbocycles. The zero-order valence-corrected chi connectivity index (χ0v) is 11.6. The lowest BCUT2D eigenvalue weighted by atomic mass is 10.1. The number of carbonyl (C=O) groups is 1. The van der Waals surface area contributed by atoms with Gasteiger partial charge in [-0.15, -0.1) is 11.8 Å². The van der Waals surface area contributed by atoms with Gasteiger partial charge in [-0.1, -0.05) is 27.7 Å². The molecule has 0 aliphatic heterocycles. The van der Waals surface area contributed by atoms with Gasteiger partial charge in [0.15, 0.2) is 0 Å². The van der Waals surface area contributed by atoms with Gasteiger partial charge in [0, 0.05) is 12.3 Å². The highest BCUT2D eigenvalue weighted by Crippen LogP contribution is 2.19. The Morgan fingerprint density at radius 1 is 1.38 bits per heavy atom. The van der Waals surface area contributed by atoms with E-state index in [1.807, 2.05) is 13.8 Å². The van der Waals surface area contributed by atoms with Crippen molar-refractivity contribution in [3.63, 3.8) is 0 Å². The second-order valence-electron chi connectivity index (χ2n) is 4.07. The van der Waals surface area contributed by atoms with Crippen LogP contribution in [0.5, 0.6) is 0 Å². The largest absolute Gasteiger partial charge is 0.303 e. The Kier molecular flexibility index (Phi) is 8.70. The number of hydrogen-bond donors (Lipinski definition) is 2. The summed E-state index contributed by atoms with van der Waals surface area (Å²) in [7, 11) is 0. The number of nitrogens with zero attached hydrogens (tertiary/aromatic N) is 1. The lowest BCUT2D eigenvalue weighted by Gasteiger charge is -2.21. The second-order valence-corrected chi connectivity index (χ2v) is 5.32. The van der Waals surface area contributed by atoms with E-state index >= 15 is 0 Å². The molecule has 1 unspecified atom stereocenters. The molecule has 0 saturated heterocycles. The van der Waals surface area contributed by atoms with Crippen molar-refractivity contribution in [1.82, 2.24) is 10.3 Å². The van der Waals surface area contributed by atoms with E-state index in [0.717, 1.165) is 25.4 Å². The topological polar surface area (TPSA) is 58.4 Å². The molecule has 16 heavy (non-hydrogen) atoms. The molecule has 4 nitrogen and oxygen atoms in total. The summed E-state index contributed by atoms with van der Waals surface area (Å²) in [4.78, 5) is 13.8. The minimum Gasteiger partial charge on any atom is -0.303 e. The van der Waals surface area contributed by atoms with Crippen LogP contribution in [0.3, 0.4) is 0 Å². The monoisotopic (exact) mass is 247 g/mol. The van der Waals surface area contributed by atoms with Gasteiger partial charge >= 0.3 is 0 Å². The highest BCUT2D eigenvalue weighted by Gasteiger charge is 2.21. The molecule has 0 spiro atoms. The lowest BCUT2D eigenvalue weighted by molar-refractivity contribution is -0.121. The number of hydrogen-bond acceptors (Lipinski definition) is 4. The Morgan fingerprint density at radius 3 is 2.31 bits per heavy atom. The minimum absolute atomic E-state index is 0.0411. The number of thioether (sulfide) groups is 1. The zero-order valence-electron chi connectivity index (χ0n) is 10.8. The van der Waals surface area contributed by atoms with Crippen LogP contribution in [-0.2, 0) is 4.79 Å². The molecule has 0 heterocycles. The molecular weight excluding hydrogens is 222 g/mol. The first-order chi connectivity index (χ1) is 7.56. The molecule has 0 bridgehead atoms. The number of amides is 1. The molecule has 1 atom stereocenters. The Bertz CT molecular complexity index is 196. The lowest BCUT2D eigenvalue weighted by Crippen LogP contribution is -2.40. The summed E-state index contributed by atoms with van der Waals surface area (Å²) in [6.07, 6.45) is 0. The van der Waals surface area contributed by atoms with E-state index < -0.39 is 0 Å². The molecule has 0 rings (SSSR count). The van der Waals surface area contributed by atoms with Crippen molar-refractivity contribution in [2.45, 2.75) is 32.9 Å². The van der Waals surface area contributed by atoms with E-state index in [4.69, 9.17) is 5.84 Å². The van der Waals surface area contributed by atoms with E-state index in [2.05, 4.69) is 24.2 Å².